The molecule has 1 fully saturated rings. The standard InChI is InChI=1S/C33H28N4O3S/c1-22-11-15-26(16-12-22)40-27-17-13-24(14-18-27)37-31(30(35-33(37)41)28-9-3-4-19-34-28)29-10-6-20-36(29)25-8-5-7-23(21-25)32(38)39-2/h3-21,30-31H,1-2H3,(H,35,41). The monoisotopic (exact) mass is 560 g/mol. The third-order valence-electron chi connectivity index (χ3n) is 7.10. The summed E-state index contributed by atoms with van der Waals surface area (Å²) in [5.74, 6) is 1.13. The number of rotatable bonds is 7. The van der Waals surface area contributed by atoms with Crippen molar-refractivity contribution in [3.63, 3.8) is 0 Å². The first-order chi connectivity index (χ1) is 20.0. The molecule has 2 aromatic heterocycles. The van der Waals surface area contributed by atoms with Crippen molar-refractivity contribution in [2.45, 2.75) is 19.0 Å². The Labute approximate surface area is 244 Å². The summed E-state index contributed by atoms with van der Waals surface area (Å²) in [4.78, 5) is 19.0. The molecule has 6 rings (SSSR count). The number of hydrogen-bond donors (Lipinski definition) is 1. The second-order valence-corrected chi connectivity index (χ2v) is 10.1. The van der Waals surface area contributed by atoms with Crippen molar-refractivity contribution in [1.82, 2.24) is 14.9 Å². The number of anilines is 1. The Morgan fingerprint density at radius 2 is 1.63 bits per heavy atom. The largest absolute Gasteiger partial charge is 0.465 e. The normalized spacial score (nSPS) is 16.3. The van der Waals surface area contributed by atoms with Gasteiger partial charge in [-0.05, 0) is 98.0 Å². The molecule has 204 valence electrons. The molecular weight excluding hydrogens is 532 g/mol. The van der Waals surface area contributed by atoms with E-state index in [9.17, 15) is 4.79 Å². The average Bonchev–Trinajstić information content (AvgIpc) is 3.63. The number of carbonyl (C=O) groups excluding carboxylic acids is 1. The minimum absolute atomic E-state index is 0.218. The van der Waals surface area contributed by atoms with E-state index in [-0.39, 0.29) is 18.1 Å². The Bertz CT molecular complexity index is 1680. The quantitative estimate of drug-likeness (QED) is 0.171. The molecule has 1 aliphatic rings. The molecule has 0 amide bonds. The van der Waals surface area contributed by atoms with Crippen LogP contribution in [0.5, 0.6) is 11.5 Å². The van der Waals surface area contributed by atoms with Crippen molar-refractivity contribution < 1.29 is 14.3 Å². The number of carbonyl (C=O) groups is 1. The van der Waals surface area contributed by atoms with Gasteiger partial charge in [-0.3, -0.25) is 4.98 Å². The second kappa shape index (κ2) is 11.3. The van der Waals surface area contributed by atoms with Crippen LogP contribution in [0.15, 0.2) is 116 Å². The molecular formula is C33H28N4O3S. The van der Waals surface area contributed by atoms with E-state index in [2.05, 4.69) is 25.8 Å². The SMILES string of the molecule is COC(=O)c1cccc(-n2cccc2C2C(c3ccccn3)NC(=S)N2c2ccc(Oc3ccc(C)cc3)cc2)c1. The maximum absolute atomic E-state index is 12.3. The first-order valence-corrected chi connectivity index (χ1v) is 13.6. The van der Waals surface area contributed by atoms with E-state index >= 15 is 0 Å². The molecule has 8 heteroatoms. The van der Waals surface area contributed by atoms with E-state index in [0.717, 1.165) is 34.3 Å². The zero-order valence-electron chi connectivity index (χ0n) is 22.6. The van der Waals surface area contributed by atoms with Gasteiger partial charge in [-0.2, -0.15) is 0 Å². The number of nitrogens with one attached hydrogen (secondary N) is 1. The first-order valence-electron chi connectivity index (χ1n) is 13.2. The lowest BCUT2D eigenvalue weighted by atomic mass is 10.0. The van der Waals surface area contributed by atoms with Gasteiger partial charge in [-0.25, -0.2) is 4.79 Å². The fourth-order valence-corrected chi connectivity index (χ4v) is 5.47. The fourth-order valence-electron chi connectivity index (χ4n) is 5.12. The molecule has 41 heavy (non-hydrogen) atoms. The summed E-state index contributed by atoms with van der Waals surface area (Å²) in [6, 6.07) is 32.8. The van der Waals surface area contributed by atoms with Gasteiger partial charge in [0.1, 0.15) is 17.5 Å². The number of benzene rings is 3. The van der Waals surface area contributed by atoms with Gasteiger partial charge in [0, 0.05) is 29.5 Å². The van der Waals surface area contributed by atoms with Gasteiger partial charge < -0.3 is 24.3 Å². The Kier molecular flexibility index (Phi) is 7.22. The molecule has 3 aromatic carbocycles. The van der Waals surface area contributed by atoms with Crippen LogP contribution in [0.1, 0.15) is 39.4 Å². The highest BCUT2D eigenvalue weighted by molar-refractivity contribution is 7.80. The minimum Gasteiger partial charge on any atom is -0.465 e. The zero-order valence-corrected chi connectivity index (χ0v) is 23.4. The van der Waals surface area contributed by atoms with Gasteiger partial charge in [-0.1, -0.05) is 29.8 Å². The van der Waals surface area contributed by atoms with E-state index in [4.69, 9.17) is 21.7 Å². The van der Waals surface area contributed by atoms with Crippen molar-refractivity contribution in [2.75, 3.05) is 12.0 Å². The summed E-state index contributed by atoms with van der Waals surface area (Å²) in [5, 5.41) is 4.10. The molecule has 2 unspecified atom stereocenters. The third kappa shape index (κ3) is 5.29. The van der Waals surface area contributed by atoms with Crippen molar-refractivity contribution in [3.8, 4) is 17.2 Å². The highest BCUT2D eigenvalue weighted by atomic mass is 32.1. The molecule has 5 aromatic rings. The summed E-state index contributed by atoms with van der Waals surface area (Å²) in [6.07, 6.45) is 3.77. The molecule has 0 radical (unpaired) electrons. The van der Waals surface area contributed by atoms with Crippen molar-refractivity contribution in [3.05, 3.63) is 138 Å². The molecule has 3 heterocycles. The van der Waals surface area contributed by atoms with Crippen LogP contribution in [0.2, 0.25) is 0 Å². The van der Waals surface area contributed by atoms with Gasteiger partial charge in [0.15, 0.2) is 5.11 Å². The average molecular weight is 561 g/mol. The number of nitrogens with zero attached hydrogens (tertiary/aromatic N) is 3. The Morgan fingerprint density at radius 1 is 0.878 bits per heavy atom. The van der Waals surface area contributed by atoms with Crippen LogP contribution in [0.3, 0.4) is 0 Å². The van der Waals surface area contributed by atoms with Crippen LogP contribution in [-0.4, -0.2) is 27.7 Å². The topological polar surface area (TPSA) is 68.6 Å². The Morgan fingerprint density at radius 3 is 2.34 bits per heavy atom. The van der Waals surface area contributed by atoms with E-state index in [0.29, 0.717) is 10.7 Å². The van der Waals surface area contributed by atoms with Crippen molar-refractivity contribution in [1.29, 1.82) is 0 Å². The van der Waals surface area contributed by atoms with Crippen LogP contribution >= 0.6 is 12.2 Å². The molecule has 1 saturated heterocycles. The first kappa shape index (κ1) is 26.3. The molecule has 1 N–H and O–H groups in total. The number of ether oxygens (including phenoxy) is 2. The predicted molar refractivity (Wildman–Crippen MR) is 163 cm³/mol. The summed E-state index contributed by atoms with van der Waals surface area (Å²) < 4.78 is 13.1. The van der Waals surface area contributed by atoms with Crippen LogP contribution in [0.4, 0.5) is 5.69 Å². The number of thiocarbonyl (C=S) groups is 1. The fraction of sp³-hybridized carbons (Fsp3) is 0.121. The van der Waals surface area contributed by atoms with E-state index < -0.39 is 0 Å². The number of hydrogen-bond acceptors (Lipinski definition) is 5. The smallest absolute Gasteiger partial charge is 0.337 e. The minimum atomic E-state index is -0.384. The van der Waals surface area contributed by atoms with Gasteiger partial charge in [0.2, 0.25) is 0 Å². The van der Waals surface area contributed by atoms with Crippen LogP contribution in [0, 0.1) is 6.92 Å². The van der Waals surface area contributed by atoms with Crippen molar-refractivity contribution >= 4 is 29.0 Å². The van der Waals surface area contributed by atoms with Gasteiger partial charge >= 0.3 is 5.97 Å². The molecule has 0 aliphatic carbocycles. The number of esters is 1. The van der Waals surface area contributed by atoms with E-state index in [1.165, 1.54) is 12.7 Å². The molecule has 1 aliphatic heterocycles. The second-order valence-electron chi connectivity index (χ2n) is 9.75. The van der Waals surface area contributed by atoms with Gasteiger partial charge in [0.05, 0.1) is 24.4 Å². The summed E-state index contributed by atoms with van der Waals surface area (Å²) in [7, 11) is 1.38. The maximum Gasteiger partial charge on any atom is 0.337 e. The predicted octanol–water partition coefficient (Wildman–Crippen LogP) is 6.94. The summed E-state index contributed by atoms with van der Waals surface area (Å²) in [5.41, 5.74) is 5.27. The van der Waals surface area contributed by atoms with Crippen molar-refractivity contribution in [2.24, 2.45) is 0 Å². The molecule has 2 atom stereocenters. The van der Waals surface area contributed by atoms with Crippen LogP contribution in [-0.2, 0) is 4.74 Å². The highest BCUT2D eigenvalue weighted by Gasteiger charge is 2.42. The molecule has 0 bridgehead atoms. The lowest BCUT2D eigenvalue weighted by molar-refractivity contribution is 0.0600. The van der Waals surface area contributed by atoms with E-state index in [1.54, 1.807) is 12.3 Å². The van der Waals surface area contributed by atoms with Crippen LogP contribution < -0.4 is 15.0 Å². The summed E-state index contributed by atoms with van der Waals surface area (Å²) in [6.45, 7) is 2.05. The van der Waals surface area contributed by atoms with Crippen LogP contribution in [0.25, 0.3) is 5.69 Å². The molecule has 0 saturated carbocycles. The van der Waals surface area contributed by atoms with E-state index in [1.807, 2.05) is 104 Å². The Hall–Kier alpha value is -4.95. The number of aryl methyl sites for hydroxylation is 1. The number of aromatic nitrogens is 2. The zero-order chi connectivity index (χ0) is 28.3. The number of methoxy groups -OCH3 is 1. The Balaban J connectivity index is 1.39. The lowest BCUT2D eigenvalue weighted by Gasteiger charge is -2.29. The number of pyridine rings is 1. The molecule has 0 spiro atoms. The maximum atomic E-state index is 12.3. The highest BCUT2D eigenvalue weighted by Crippen LogP contribution is 2.42. The summed E-state index contributed by atoms with van der Waals surface area (Å²) >= 11 is 5.92. The lowest BCUT2D eigenvalue weighted by Crippen LogP contribution is -2.30. The molecule has 7 nitrogen and oxygen atoms in total. The third-order valence-corrected chi connectivity index (χ3v) is 7.41. The van der Waals surface area contributed by atoms with Gasteiger partial charge in [0.25, 0.3) is 0 Å². The van der Waals surface area contributed by atoms with Gasteiger partial charge in [-0.15, -0.1) is 0 Å².